The molecule has 0 saturated carbocycles. The fourth-order valence-corrected chi connectivity index (χ4v) is 3.30. The standard InChI is InChI=1S/C15H25N3O2/c1-2-14(16)12-10-17-18(11-12)13-3-6-20-15(9-13)4-7-19-8-5-15/h10-11,13-14H,2-9,16H2,1H3. The van der Waals surface area contributed by atoms with Crippen molar-refractivity contribution >= 4 is 0 Å². The van der Waals surface area contributed by atoms with E-state index in [0.717, 1.165) is 57.5 Å². The number of rotatable bonds is 3. The normalized spacial score (nSPS) is 27.6. The maximum atomic E-state index is 6.09. The molecule has 1 aromatic heterocycles. The van der Waals surface area contributed by atoms with E-state index in [-0.39, 0.29) is 11.6 Å². The Morgan fingerprint density at radius 2 is 2.25 bits per heavy atom. The highest BCUT2D eigenvalue weighted by Crippen LogP contribution is 2.39. The molecule has 0 radical (unpaired) electrons. The Hall–Kier alpha value is -0.910. The van der Waals surface area contributed by atoms with E-state index in [9.17, 15) is 0 Å². The van der Waals surface area contributed by atoms with Gasteiger partial charge in [0, 0.05) is 37.6 Å². The smallest absolute Gasteiger partial charge is 0.0746 e. The van der Waals surface area contributed by atoms with Crippen LogP contribution in [0.4, 0.5) is 0 Å². The van der Waals surface area contributed by atoms with Gasteiger partial charge in [-0.15, -0.1) is 0 Å². The maximum absolute atomic E-state index is 6.09. The van der Waals surface area contributed by atoms with Gasteiger partial charge in [-0.2, -0.15) is 5.10 Å². The van der Waals surface area contributed by atoms with E-state index in [1.54, 1.807) is 0 Å². The molecule has 2 atom stereocenters. The Morgan fingerprint density at radius 3 is 3.00 bits per heavy atom. The number of hydrogen-bond donors (Lipinski definition) is 1. The van der Waals surface area contributed by atoms with Crippen LogP contribution < -0.4 is 5.73 Å². The maximum Gasteiger partial charge on any atom is 0.0746 e. The molecular weight excluding hydrogens is 254 g/mol. The Kier molecular flexibility index (Phi) is 4.10. The molecule has 3 heterocycles. The zero-order valence-electron chi connectivity index (χ0n) is 12.3. The molecule has 0 bridgehead atoms. The van der Waals surface area contributed by atoms with Crippen molar-refractivity contribution in [3.05, 3.63) is 18.0 Å². The van der Waals surface area contributed by atoms with Crippen LogP contribution in [0.25, 0.3) is 0 Å². The summed E-state index contributed by atoms with van der Waals surface area (Å²) in [4.78, 5) is 0. The first-order chi connectivity index (χ1) is 9.72. The number of nitrogens with two attached hydrogens (primary N) is 1. The molecule has 2 fully saturated rings. The molecule has 0 aliphatic carbocycles. The number of aromatic nitrogens is 2. The number of ether oxygens (including phenoxy) is 2. The van der Waals surface area contributed by atoms with Gasteiger partial charge in [0.15, 0.2) is 0 Å². The zero-order chi connectivity index (χ0) is 14.0. The summed E-state index contributed by atoms with van der Waals surface area (Å²) in [5, 5.41) is 4.54. The van der Waals surface area contributed by atoms with Crippen molar-refractivity contribution in [3.63, 3.8) is 0 Å². The van der Waals surface area contributed by atoms with Gasteiger partial charge in [0.25, 0.3) is 0 Å². The molecule has 5 nitrogen and oxygen atoms in total. The van der Waals surface area contributed by atoms with Crippen LogP contribution in [-0.2, 0) is 9.47 Å². The van der Waals surface area contributed by atoms with Crippen molar-refractivity contribution in [1.29, 1.82) is 0 Å². The van der Waals surface area contributed by atoms with Crippen LogP contribution in [0, 0.1) is 0 Å². The summed E-state index contributed by atoms with van der Waals surface area (Å²) < 4.78 is 13.7. The fourth-order valence-electron chi connectivity index (χ4n) is 3.30. The molecule has 2 N–H and O–H groups in total. The molecule has 1 aromatic rings. The van der Waals surface area contributed by atoms with Gasteiger partial charge in [-0.05, 0) is 32.1 Å². The van der Waals surface area contributed by atoms with E-state index >= 15 is 0 Å². The molecule has 20 heavy (non-hydrogen) atoms. The Morgan fingerprint density at radius 1 is 1.45 bits per heavy atom. The first-order valence-electron chi connectivity index (χ1n) is 7.74. The summed E-state index contributed by atoms with van der Waals surface area (Å²) in [7, 11) is 0. The van der Waals surface area contributed by atoms with E-state index in [4.69, 9.17) is 15.2 Å². The highest BCUT2D eigenvalue weighted by atomic mass is 16.5. The van der Waals surface area contributed by atoms with E-state index in [2.05, 4.69) is 22.9 Å². The molecule has 2 saturated heterocycles. The highest BCUT2D eigenvalue weighted by molar-refractivity contribution is 5.10. The lowest BCUT2D eigenvalue weighted by Crippen LogP contribution is -2.44. The lowest BCUT2D eigenvalue weighted by atomic mass is 9.84. The van der Waals surface area contributed by atoms with Crippen LogP contribution in [0.15, 0.2) is 12.4 Å². The summed E-state index contributed by atoms with van der Waals surface area (Å²) in [5.74, 6) is 0. The van der Waals surface area contributed by atoms with Crippen LogP contribution >= 0.6 is 0 Å². The number of nitrogens with zero attached hydrogens (tertiary/aromatic N) is 2. The Balaban J connectivity index is 1.71. The second kappa shape index (κ2) is 5.84. The van der Waals surface area contributed by atoms with Gasteiger partial charge < -0.3 is 15.2 Å². The third-order valence-corrected chi connectivity index (χ3v) is 4.73. The minimum atomic E-state index is 0.0140. The van der Waals surface area contributed by atoms with Crippen LogP contribution in [0.5, 0.6) is 0 Å². The second-order valence-electron chi connectivity index (χ2n) is 6.06. The topological polar surface area (TPSA) is 62.3 Å². The first-order valence-corrected chi connectivity index (χ1v) is 7.74. The lowest BCUT2D eigenvalue weighted by molar-refractivity contribution is -0.145. The summed E-state index contributed by atoms with van der Waals surface area (Å²) in [6, 6.07) is 0.528. The van der Waals surface area contributed by atoms with Gasteiger partial charge in [-0.1, -0.05) is 6.92 Å². The third-order valence-electron chi connectivity index (χ3n) is 4.73. The van der Waals surface area contributed by atoms with Crippen LogP contribution in [0.1, 0.15) is 56.7 Å². The van der Waals surface area contributed by atoms with Crippen LogP contribution in [-0.4, -0.2) is 35.2 Å². The van der Waals surface area contributed by atoms with Crippen molar-refractivity contribution in [1.82, 2.24) is 9.78 Å². The third kappa shape index (κ3) is 2.75. The van der Waals surface area contributed by atoms with Crippen molar-refractivity contribution in [3.8, 4) is 0 Å². The Bertz CT molecular complexity index is 435. The summed E-state index contributed by atoms with van der Waals surface area (Å²) in [5.41, 5.74) is 7.23. The van der Waals surface area contributed by atoms with Crippen LogP contribution in [0.3, 0.4) is 0 Å². The molecule has 3 rings (SSSR count). The molecule has 2 unspecified atom stereocenters. The Labute approximate surface area is 120 Å². The molecule has 0 aromatic carbocycles. The largest absolute Gasteiger partial charge is 0.381 e. The van der Waals surface area contributed by atoms with E-state index in [1.807, 2.05) is 6.20 Å². The van der Waals surface area contributed by atoms with Gasteiger partial charge in [0.2, 0.25) is 0 Å². The van der Waals surface area contributed by atoms with Gasteiger partial charge in [0.05, 0.1) is 17.8 Å². The molecule has 1 spiro atoms. The van der Waals surface area contributed by atoms with Crippen molar-refractivity contribution in [2.24, 2.45) is 5.73 Å². The zero-order valence-corrected chi connectivity index (χ0v) is 12.3. The van der Waals surface area contributed by atoms with E-state index < -0.39 is 0 Å². The molecule has 112 valence electrons. The number of hydrogen-bond acceptors (Lipinski definition) is 4. The van der Waals surface area contributed by atoms with Crippen LogP contribution in [0.2, 0.25) is 0 Å². The molecule has 2 aliphatic heterocycles. The van der Waals surface area contributed by atoms with E-state index in [0.29, 0.717) is 6.04 Å². The second-order valence-corrected chi connectivity index (χ2v) is 6.06. The molecular formula is C15H25N3O2. The molecule has 5 heteroatoms. The predicted molar refractivity (Wildman–Crippen MR) is 76.5 cm³/mol. The average molecular weight is 279 g/mol. The van der Waals surface area contributed by atoms with E-state index in [1.165, 1.54) is 0 Å². The SMILES string of the molecule is CCC(N)c1cnn(C2CCOC3(CCOCC3)C2)c1. The summed E-state index contributed by atoms with van der Waals surface area (Å²) in [6.07, 6.45) is 9.07. The molecule has 0 amide bonds. The van der Waals surface area contributed by atoms with Gasteiger partial charge in [-0.25, -0.2) is 0 Å². The van der Waals surface area contributed by atoms with Gasteiger partial charge in [0.1, 0.15) is 0 Å². The van der Waals surface area contributed by atoms with Crippen molar-refractivity contribution in [2.75, 3.05) is 19.8 Å². The highest BCUT2D eigenvalue weighted by Gasteiger charge is 2.39. The summed E-state index contributed by atoms with van der Waals surface area (Å²) in [6.45, 7) is 4.56. The minimum Gasteiger partial charge on any atom is -0.381 e. The van der Waals surface area contributed by atoms with Crippen molar-refractivity contribution in [2.45, 2.75) is 56.7 Å². The summed E-state index contributed by atoms with van der Waals surface area (Å²) >= 11 is 0. The van der Waals surface area contributed by atoms with Crippen molar-refractivity contribution < 1.29 is 9.47 Å². The van der Waals surface area contributed by atoms with Gasteiger partial charge >= 0.3 is 0 Å². The molecule has 2 aliphatic rings. The average Bonchev–Trinajstić information content (AvgIpc) is 2.97. The first kappa shape index (κ1) is 14.0. The minimum absolute atomic E-state index is 0.0140. The fraction of sp³-hybridized carbons (Fsp3) is 0.800. The van der Waals surface area contributed by atoms with Gasteiger partial charge in [-0.3, -0.25) is 4.68 Å². The predicted octanol–water partition coefficient (Wildman–Crippen LogP) is 2.19. The quantitative estimate of drug-likeness (QED) is 0.921. The lowest BCUT2D eigenvalue weighted by Gasteiger charge is -2.43. The monoisotopic (exact) mass is 279 g/mol.